The lowest BCUT2D eigenvalue weighted by Gasteiger charge is -2.30. The van der Waals surface area contributed by atoms with E-state index >= 15 is 0 Å². The minimum atomic E-state index is -2.16. The minimum Gasteiger partial charge on any atom is -0.396 e. The van der Waals surface area contributed by atoms with E-state index in [2.05, 4.69) is 13.5 Å². The number of hydrogen-bond donors (Lipinski definition) is 0. The summed E-state index contributed by atoms with van der Waals surface area (Å²) in [5, 5.41) is 0. The molecule has 0 heterocycles. The Bertz CT molecular complexity index is 308. The van der Waals surface area contributed by atoms with E-state index in [-0.39, 0.29) is 5.73 Å². The van der Waals surface area contributed by atoms with Gasteiger partial charge in [0.2, 0.25) is 0 Å². The van der Waals surface area contributed by atoms with E-state index in [1.165, 1.54) is 109 Å². The van der Waals surface area contributed by atoms with E-state index in [1.807, 2.05) is 0 Å². The van der Waals surface area contributed by atoms with Crippen LogP contribution >= 0.6 is 0 Å². The second-order valence-electron chi connectivity index (χ2n) is 8.59. The Hall–Kier alpha value is 0.0969. The third-order valence-corrected chi connectivity index (χ3v) is 9.57. The van der Waals surface area contributed by atoms with Gasteiger partial charge < -0.3 is 13.6 Å². The first-order valence-corrected chi connectivity index (χ1v) is 14.7. The summed E-state index contributed by atoms with van der Waals surface area (Å²) in [6.07, 6.45) is 25.0. The second-order valence-corrected chi connectivity index (χ2v) is 12.1. The van der Waals surface area contributed by atoms with Crippen LogP contribution < -0.4 is 0 Å². The van der Waals surface area contributed by atoms with Crippen molar-refractivity contribution in [2.75, 3.05) is 21.3 Å². The lowest BCUT2D eigenvalue weighted by atomic mass is 10.0. The maximum atomic E-state index is 5.64. The molecular weight excluding hydrogens is 364 g/mol. The van der Waals surface area contributed by atoms with Crippen molar-refractivity contribution in [2.24, 2.45) is 0 Å². The van der Waals surface area contributed by atoms with Crippen LogP contribution in [0.4, 0.5) is 0 Å². The Kier molecular flexibility index (Phi) is 20.4. The predicted octanol–water partition coefficient (Wildman–Crippen LogP) is 7.95. The molecule has 0 saturated heterocycles. The van der Waals surface area contributed by atoms with Crippen LogP contribution in [0.15, 0.2) is 0 Å². The lowest BCUT2D eigenvalue weighted by molar-refractivity contribution is 0.0920. The van der Waals surface area contributed by atoms with Gasteiger partial charge in [0.15, 0.2) is 0 Å². The number of unbranched alkanes of at least 4 members (excludes halogenated alkanes) is 16. The van der Waals surface area contributed by atoms with Crippen molar-refractivity contribution < 1.29 is 13.6 Å². The van der Waals surface area contributed by atoms with E-state index < -0.39 is 8.56 Å². The van der Waals surface area contributed by atoms with Crippen LogP contribution in [0.5, 0.6) is 0 Å². The lowest BCUT2D eigenvalue weighted by Crippen LogP contribution is -2.50. The van der Waals surface area contributed by atoms with Gasteiger partial charge in [-0.1, -0.05) is 116 Å². The molecule has 1 unspecified atom stereocenters. The van der Waals surface area contributed by atoms with Gasteiger partial charge in [-0.15, -0.1) is 0 Å². The fourth-order valence-electron chi connectivity index (χ4n) is 3.99. The van der Waals surface area contributed by atoms with E-state index in [0.29, 0.717) is 0 Å². The molecule has 170 valence electrons. The van der Waals surface area contributed by atoms with Gasteiger partial charge in [0.05, 0.1) is 0 Å². The van der Waals surface area contributed by atoms with Crippen LogP contribution in [0.1, 0.15) is 122 Å². The van der Waals surface area contributed by atoms with Crippen molar-refractivity contribution >= 4 is 8.56 Å². The average Bonchev–Trinajstić information content (AvgIpc) is 2.72. The molecule has 1 atom stereocenters. The maximum absolute atomic E-state index is 5.64. The zero-order chi connectivity index (χ0) is 20.9. The van der Waals surface area contributed by atoms with E-state index in [1.54, 1.807) is 21.3 Å². The highest BCUT2D eigenvalue weighted by atomic mass is 28.4. The van der Waals surface area contributed by atoms with Crippen LogP contribution in [0, 0.1) is 0 Å². The Labute approximate surface area is 178 Å². The normalized spacial score (nSPS) is 13.2. The van der Waals surface area contributed by atoms with Gasteiger partial charge in [-0.25, -0.2) is 0 Å². The molecule has 4 heteroatoms. The predicted molar refractivity (Wildman–Crippen MR) is 125 cm³/mol. The van der Waals surface area contributed by atoms with Crippen molar-refractivity contribution in [3.8, 4) is 0 Å². The van der Waals surface area contributed by atoms with Crippen molar-refractivity contribution in [3.05, 3.63) is 0 Å². The molecule has 0 N–H and O–H groups in total. The molecule has 0 rings (SSSR count). The molecule has 0 bridgehead atoms. The van der Waals surface area contributed by atoms with Crippen LogP contribution in [-0.2, 0) is 13.6 Å². The van der Waals surface area contributed by atoms with Gasteiger partial charge in [-0.3, -0.25) is 0 Å². The molecular formula is C24H52O3Si. The Morgan fingerprint density at radius 3 is 1.14 bits per heavy atom. The highest BCUT2D eigenvalue weighted by Gasteiger charge is 2.39. The van der Waals surface area contributed by atoms with Crippen LogP contribution in [-0.4, -0.2) is 35.6 Å². The third-order valence-electron chi connectivity index (χ3n) is 6.25. The fourth-order valence-corrected chi connectivity index (χ4v) is 5.84. The summed E-state index contributed by atoms with van der Waals surface area (Å²) in [7, 11) is 3.11. The summed E-state index contributed by atoms with van der Waals surface area (Å²) in [5.41, 5.74) is 0.138. The standard InChI is InChI=1S/C24H52O3Si/c1-6-7-8-9-10-11-12-13-14-15-16-17-18-19-20-21-22-23-24(25-2)28(5,26-3)27-4/h24H,6-23H2,1-5H3. The number of ether oxygens (including phenoxy) is 1. The summed E-state index contributed by atoms with van der Waals surface area (Å²) in [6, 6.07) is 0. The van der Waals surface area contributed by atoms with Gasteiger partial charge in [0, 0.05) is 21.3 Å². The molecule has 0 radical (unpaired) electrons. The van der Waals surface area contributed by atoms with Crippen molar-refractivity contribution in [2.45, 2.75) is 135 Å². The number of methoxy groups -OCH3 is 1. The zero-order valence-electron chi connectivity index (χ0n) is 20.0. The smallest absolute Gasteiger partial charge is 0.364 e. The molecule has 0 spiro atoms. The minimum absolute atomic E-state index is 0.138. The first kappa shape index (κ1) is 28.1. The van der Waals surface area contributed by atoms with Gasteiger partial charge in [-0.05, 0) is 13.0 Å². The van der Waals surface area contributed by atoms with Gasteiger partial charge in [0.1, 0.15) is 5.73 Å². The van der Waals surface area contributed by atoms with E-state index in [4.69, 9.17) is 13.6 Å². The van der Waals surface area contributed by atoms with Crippen LogP contribution in [0.25, 0.3) is 0 Å². The van der Waals surface area contributed by atoms with Crippen molar-refractivity contribution in [3.63, 3.8) is 0 Å². The van der Waals surface area contributed by atoms with E-state index in [0.717, 1.165) is 6.42 Å². The van der Waals surface area contributed by atoms with Gasteiger partial charge in [0.25, 0.3) is 0 Å². The monoisotopic (exact) mass is 416 g/mol. The first-order valence-electron chi connectivity index (χ1n) is 12.3. The topological polar surface area (TPSA) is 27.7 Å². The summed E-state index contributed by atoms with van der Waals surface area (Å²) in [6.45, 7) is 4.38. The maximum Gasteiger partial charge on any atom is 0.364 e. The highest BCUT2D eigenvalue weighted by Crippen LogP contribution is 2.20. The van der Waals surface area contributed by atoms with Crippen molar-refractivity contribution in [1.82, 2.24) is 0 Å². The second kappa shape index (κ2) is 20.4. The molecule has 28 heavy (non-hydrogen) atoms. The summed E-state index contributed by atoms with van der Waals surface area (Å²) in [4.78, 5) is 0. The Morgan fingerprint density at radius 1 is 0.536 bits per heavy atom. The average molecular weight is 417 g/mol. The van der Waals surface area contributed by atoms with E-state index in [9.17, 15) is 0 Å². The quantitative estimate of drug-likeness (QED) is 0.132. The summed E-state index contributed by atoms with van der Waals surface area (Å²) >= 11 is 0. The molecule has 0 aromatic heterocycles. The number of hydrogen-bond acceptors (Lipinski definition) is 3. The Balaban J connectivity index is 3.33. The molecule has 0 fully saturated rings. The first-order chi connectivity index (χ1) is 13.6. The zero-order valence-corrected chi connectivity index (χ0v) is 21.0. The third kappa shape index (κ3) is 15.0. The molecule has 0 amide bonds. The fraction of sp³-hybridized carbons (Fsp3) is 1.00. The largest absolute Gasteiger partial charge is 0.396 e. The Morgan fingerprint density at radius 2 is 0.857 bits per heavy atom. The molecule has 0 saturated carbocycles. The van der Waals surface area contributed by atoms with Crippen molar-refractivity contribution in [1.29, 1.82) is 0 Å². The SMILES string of the molecule is CCCCCCCCCCCCCCCCCCCC(OC)[Si](C)(OC)OC. The van der Waals surface area contributed by atoms with Crippen LogP contribution in [0.2, 0.25) is 6.55 Å². The van der Waals surface area contributed by atoms with Gasteiger partial charge >= 0.3 is 8.56 Å². The molecule has 0 aliphatic heterocycles. The summed E-state index contributed by atoms with van der Waals surface area (Å²) < 4.78 is 16.9. The number of rotatable bonds is 22. The molecule has 0 aliphatic rings. The molecule has 0 aromatic rings. The van der Waals surface area contributed by atoms with Crippen LogP contribution in [0.3, 0.4) is 0 Å². The molecule has 0 aliphatic carbocycles. The molecule has 0 aromatic carbocycles. The van der Waals surface area contributed by atoms with Gasteiger partial charge in [-0.2, -0.15) is 0 Å². The molecule has 3 nitrogen and oxygen atoms in total. The highest BCUT2D eigenvalue weighted by molar-refractivity contribution is 6.67. The summed E-state index contributed by atoms with van der Waals surface area (Å²) in [5.74, 6) is 0.